The number of hydrogen-bond acceptors (Lipinski definition) is 1. The summed E-state index contributed by atoms with van der Waals surface area (Å²) in [5, 5.41) is 3.50. The van der Waals surface area contributed by atoms with Crippen LogP contribution in [0.1, 0.15) is 51.6 Å². The number of nitrogens with zero attached hydrogens (tertiary/aromatic N) is 1. The second-order valence-corrected chi connectivity index (χ2v) is 5.67. The van der Waals surface area contributed by atoms with Gasteiger partial charge in [-0.15, -0.1) is 0 Å². The molecule has 0 radical (unpaired) electrons. The van der Waals surface area contributed by atoms with Crippen molar-refractivity contribution in [2.45, 2.75) is 65.1 Å². The van der Waals surface area contributed by atoms with E-state index >= 15 is 0 Å². The Hall–Kier alpha value is -0.760. The van der Waals surface area contributed by atoms with E-state index in [-0.39, 0.29) is 0 Å². The summed E-state index contributed by atoms with van der Waals surface area (Å²) in [7, 11) is 0. The third-order valence-electron chi connectivity index (χ3n) is 3.87. The standard InChI is InChI=1S/C15H26N2/c1-13(2)16-12-15-8-5-10-17(15)11-9-14-6-3-4-7-14/h5,8,10,13-14,16H,3-4,6-7,9,11-12H2,1-2H3. The molecule has 96 valence electrons. The Morgan fingerprint density at radius 1 is 1.35 bits per heavy atom. The van der Waals surface area contributed by atoms with Gasteiger partial charge in [-0.05, 0) is 24.5 Å². The highest BCUT2D eigenvalue weighted by Crippen LogP contribution is 2.28. The van der Waals surface area contributed by atoms with Crippen LogP contribution >= 0.6 is 0 Å². The molecule has 0 aliphatic heterocycles. The van der Waals surface area contributed by atoms with Crippen LogP contribution in [0.2, 0.25) is 0 Å². The van der Waals surface area contributed by atoms with Crippen molar-refractivity contribution in [2.75, 3.05) is 0 Å². The van der Waals surface area contributed by atoms with E-state index < -0.39 is 0 Å². The van der Waals surface area contributed by atoms with Gasteiger partial charge in [-0.2, -0.15) is 0 Å². The molecule has 2 nitrogen and oxygen atoms in total. The molecular formula is C15H26N2. The van der Waals surface area contributed by atoms with E-state index in [1.165, 1.54) is 44.3 Å². The molecule has 1 aromatic rings. The van der Waals surface area contributed by atoms with Crippen LogP contribution in [0, 0.1) is 5.92 Å². The number of nitrogens with one attached hydrogen (secondary N) is 1. The summed E-state index contributed by atoms with van der Waals surface area (Å²) in [4.78, 5) is 0. The molecule has 0 unspecified atom stereocenters. The van der Waals surface area contributed by atoms with E-state index in [0.29, 0.717) is 6.04 Å². The van der Waals surface area contributed by atoms with Crippen molar-refractivity contribution in [2.24, 2.45) is 5.92 Å². The maximum Gasteiger partial charge on any atom is 0.0361 e. The Morgan fingerprint density at radius 2 is 2.12 bits per heavy atom. The topological polar surface area (TPSA) is 17.0 Å². The van der Waals surface area contributed by atoms with Crippen molar-refractivity contribution in [3.63, 3.8) is 0 Å². The van der Waals surface area contributed by atoms with Gasteiger partial charge >= 0.3 is 0 Å². The average Bonchev–Trinajstić information content (AvgIpc) is 2.95. The molecule has 1 aliphatic rings. The molecule has 0 atom stereocenters. The Morgan fingerprint density at radius 3 is 2.82 bits per heavy atom. The van der Waals surface area contributed by atoms with E-state index in [2.05, 4.69) is 42.1 Å². The summed E-state index contributed by atoms with van der Waals surface area (Å²) < 4.78 is 2.42. The third kappa shape index (κ3) is 3.88. The summed E-state index contributed by atoms with van der Waals surface area (Å²) in [5.74, 6) is 0.989. The molecule has 1 heterocycles. The first kappa shape index (κ1) is 12.7. The zero-order valence-corrected chi connectivity index (χ0v) is 11.3. The van der Waals surface area contributed by atoms with Crippen molar-refractivity contribution in [1.82, 2.24) is 9.88 Å². The predicted molar refractivity (Wildman–Crippen MR) is 73.0 cm³/mol. The summed E-state index contributed by atoms with van der Waals surface area (Å²) in [6.45, 7) is 6.60. The molecule has 0 spiro atoms. The number of aryl methyl sites for hydroxylation is 1. The minimum Gasteiger partial charge on any atom is -0.350 e. The normalized spacial score (nSPS) is 17.1. The van der Waals surface area contributed by atoms with Crippen LogP contribution in [0.25, 0.3) is 0 Å². The number of rotatable bonds is 6. The highest BCUT2D eigenvalue weighted by molar-refractivity contribution is 5.07. The Bertz CT molecular complexity index is 321. The van der Waals surface area contributed by atoms with Crippen LogP contribution in [-0.4, -0.2) is 10.6 Å². The molecule has 1 fully saturated rings. The zero-order chi connectivity index (χ0) is 12.1. The molecule has 1 N–H and O–H groups in total. The summed E-state index contributed by atoms with van der Waals surface area (Å²) >= 11 is 0. The van der Waals surface area contributed by atoms with Gasteiger partial charge in [0.1, 0.15) is 0 Å². The van der Waals surface area contributed by atoms with Gasteiger partial charge in [0.05, 0.1) is 0 Å². The van der Waals surface area contributed by atoms with E-state index in [1.807, 2.05) is 0 Å². The lowest BCUT2D eigenvalue weighted by atomic mass is 10.0. The fourth-order valence-electron chi connectivity index (χ4n) is 2.76. The van der Waals surface area contributed by atoms with Crippen LogP contribution in [0.15, 0.2) is 18.3 Å². The molecule has 0 aromatic carbocycles. The molecule has 0 bridgehead atoms. The molecule has 1 saturated carbocycles. The van der Waals surface area contributed by atoms with Crippen molar-refractivity contribution < 1.29 is 0 Å². The smallest absolute Gasteiger partial charge is 0.0361 e. The highest BCUT2D eigenvalue weighted by atomic mass is 15.0. The molecule has 1 aromatic heterocycles. The van der Waals surface area contributed by atoms with Gasteiger partial charge < -0.3 is 9.88 Å². The second kappa shape index (κ2) is 6.25. The highest BCUT2D eigenvalue weighted by Gasteiger charge is 2.14. The quantitative estimate of drug-likeness (QED) is 0.796. The molecular weight excluding hydrogens is 208 g/mol. The van der Waals surface area contributed by atoms with E-state index in [1.54, 1.807) is 0 Å². The van der Waals surface area contributed by atoms with Crippen LogP contribution in [0.3, 0.4) is 0 Å². The average molecular weight is 234 g/mol. The van der Waals surface area contributed by atoms with Gasteiger partial charge in [0, 0.05) is 31.0 Å². The van der Waals surface area contributed by atoms with Gasteiger partial charge in [-0.3, -0.25) is 0 Å². The first-order valence-electron chi connectivity index (χ1n) is 7.13. The Labute approximate surface area is 105 Å². The second-order valence-electron chi connectivity index (χ2n) is 5.67. The first-order chi connectivity index (χ1) is 8.25. The van der Waals surface area contributed by atoms with Gasteiger partial charge in [0.25, 0.3) is 0 Å². The molecule has 1 aliphatic carbocycles. The largest absolute Gasteiger partial charge is 0.350 e. The fourth-order valence-corrected chi connectivity index (χ4v) is 2.76. The van der Waals surface area contributed by atoms with Gasteiger partial charge in [0.2, 0.25) is 0 Å². The summed E-state index contributed by atoms with van der Waals surface area (Å²) in [6.07, 6.45) is 9.42. The molecule has 2 rings (SSSR count). The van der Waals surface area contributed by atoms with Crippen LogP contribution in [0.4, 0.5) is 0 Å². The number of hydrogen-bond donors (Lipinski definition) is 1. The molecule has 0 saturated heterocycles. The lowest BCUT2D eigenvalue weighted by molar-refractivity contribution is 0.448. The van der Waals surface area contributed by atoms with Gasteiger partial charge in [0.15, 0.2) is 0 Å². The zero-order valence-electron chi connectivity index (χ0n) is 11.3. The lowest BCUT2D eigenvalue weighted by Gasteiger charge is -2.14. The van der Waals surface area contributed by atoms with Crippen molar-refractivity contribution >= 4 is 0 Å². The Kier molecular flexibility index (Phi) is 4.66. The maximum absolute atomic E-state index is 3.50. The lowest BCUT2D eigenvalue weighted by Crippen LogP contribution is -2.23. The minimum atomic E-state index is 0.563. The minimum absolute atomic E-state index is 0.563. The van der Waals surface area contributed by atoms with Gasteiger partial charge in [-0.1, -0.05) is 39.5 Å². The van der Waals surface area contributed by atoms with Crippen LogP contribution in [-0.2, 0) is 13.1 Å². The monoisotopic (exact) mass is 234 g/mol. The first-order valence-corrected chi connectivity index (χ1v) is 7.13. The SMILES string of the molecule is CC(C)NCc1cccn1CCC1CCCC1. The van der Waals surface area contributed by atoms with Crippen molar-refractivity contribution in [3.05, 3.63) is 24.0 Å². The predicted octanol–water partition coefficient (Wildman–Crippen LogP) is 3.57. The maximum atomic E-state index is 3.50. The molecule has 0 amide bonds. The fraction of sp³-hybridized carbons (Fsp3) is 0.733. The number of aromatic nitrogens is 1. The third-order valence-corrected chi connectivity index (χ3v) is 3.87. The van der Waals surface area contributed by atoms with E-state index in [4.69, 9.17) is 0 Å². The van der Waals surface area contributed by atoms with Crippen molar-refractivity contribution in [1.29, 1.82) is 0 Å². The molecule has 2 heteroatoms. The van der Waals surface area contributed by atoms with E-state index in [0.717, 1.165) is 12.5 Å². The molecule has 17 heavy (non-hydrogen) atoms. The summed E-state index contributed by atoms with van der Waals surface area (Å²) in [6, 6.07) is 4.98. The Balaban J connectivity index is 1.80. The van der Waals surface area contributed by atoms with Crippen molar-refractivity contribution in [3.8, 4) is 0 Å². The van der Waals surface area contributed by atoms with Gasteiger partial charge in [-0.25, -0.2) is 0 Å². The van der Waals surface area contributed by atoms with Crippen LogP contribution < -0.4 is 5.32 Å². The summed E-state index contributed by atoms with van der Waals surface area (Å²) in [5.41, 5.74) is 1.43. The van der Waals surface area contributed by atoms with E-state index in [9.17, 15) is 0 Å². The van der Waals surface area contributed by atoms with Crippen LogP contribution in [0.5, 0.6) is 0 Å².